The van der Waals surface area contributed by atoms with Crippen LogP contribution in [-0.4, -0.2) is 30.3 Å². The fourth-order valence-electron chi connectivity index (χ4n) is 2.82. The number of hydrogen-bond donors (Lipinski definition) is 2. The van der Waals surface area contributed by atoms with Gasteiger partial charge in [0.25, 0.3) is 0 Å². The number of ether oxygens (including phenoxy) is 1. The highest BCUT2D eigenvalue weighted by Gasteiger charge is 2.25. The molecule has 0 bridgehead atoms. The predicted molar refractivity (Wildman–Crippen MR) is 86.9 cm³/mol. The molecule has 1 aliphatic rings. The van der Waals surface area contributed by atoms with E-state index in [-0.39, 0.29) is 17.9 Å². The Hall–Kier alpha value is -1.55. The van der Waals surface area contributed by atoms with Crippen molar-refractivity contribution < 1.29 is 14.6 Å². The Morgan fingerprint density at radius 3 is 2.73 bits per heavy atom. The van der Waals surface area contributed by atoms with Gasteiger partial charge in [0.15, 0.2) is 0 Å². The number of aliphatic hydroxyl groups excluding tert-OH is 1. The van der Waals surface area contributed by atoms with Crippen LogP contribution in [0.25, 0.3) is 0 Å². The van der Waals surface area contributed by atoms with E-state index in [0.29, 0.717) is 13.0 Å². The molecule has 4 nitrogen and oxygen atoms in total. The molecule has 4 heteroatoms. The Morgan fingerprint density at radius 2 is 2.09 bits per heavy atom. The van der Waals surface area contributed by atoms with Crippen LogP contribution in [0.2, 0.25) is 0 Å². The van der Waals surface area contributed by atoms with Gasteiger partial charge in [-0.1, -0.05) is 25.5 Å². The Bertz CT molecular complexity index is 458. The van der Waals surface area contributed by atoms with Gasteiger partial charge in [0.05, 0.1) is 12.7 Å². The molecule has 1 amide bonds. The molecule has 0 spiro atoms. The summed E-state index contributed by atoms with van der Waals surface area (Å²) in [4.78, 5) is 11.9. The minimum Gasteiger partial charge on any atom is -0.494 e. The van der Waals surface area contributed by atoms with Crippen LogP contribution in [0.1, 0.15) is 44.6 Å². The van der Waals surface area contributed by atoms with Gasteiger partial charge in [0, 0.05) is 18.9 Å². The largest absolute Gasteiger partial charge is 0.494 e. The van der Waals surface area contributed by atoms with Crippen LogP contribution in [0.15, 0.2) is 24.3 Å². The first-order valence-corrected chi connectivity index (χ1v) is 8.35. The lowest BCUT2D eigenvalue weighted by molar-refractivity contribution is -0.121. The predicted octanol–water partition coefficient (Wildman–Crippen LogP) is 2.69. The highest BCUT2D eigenvalue weighted by Crippen LogP contribution is 2.24. The lowest BCUT2D eigenvalue weighted by atomic mass is 10.1. The highest BCUT2D eigenvalue weighted by molar-refractivity contribution is 5.76. The number of aryl methyl sites for hydroxylation is 1. The second-order valence-electron chi connectivity index (χ2n) is 6.05. The zero-order valence-electron chi connectivity index (χ0n) is 13.4. The first-order chi connectivity index (χ1) is 10.7. The molecule has 1 saturated carbocycles. The van der Waals surface area contributed by atoms with Crippen molar-refractivity contribution in [1.82, 2.24) is 5.32 Å². The van der Waals surface area contributed by atoms with Gasteiger partial charge in [-0.15, -0.1) is 0 Å². The zero-order chi connectivity index (χ0) is 15.8. The molecule has 0 radical (unpaired) electrons. The smallest absolute Gasteiger partial charge is 0.220 e. The minimum absolute atomic E-state index is 0.0606. The third-order valence-corrected chi connectivity index (χ3v) is 4.22. The summed E-state index contributed by atoms with van der Waals surface area (Å²) in [6.07, 6.45) is 4.92. The van der Waals surface area contributed by atoms with Crippen LogP contribution in [-0.2, 0) is 11.2 Å². The van der Waals surface area contributed by atoms with Crippen molar-refractivity contribution in [2.75, 3.05) is 13.2 Å². The molecule has 1 fully saturated rings. The molecule has 2 atom stereocenters. The Labute approximate surface area is 132 Å². The molecule has 2 N–H and O–H groups in total. The number of benzene rings is 1. The van der Waals surface area contributed by atoms with Gasteiger partial charge < -0.3 is 15.2 Å². The van der Waals surface area contributed by atoms with E-state index in [2.05, 4.69) is 12.2 Å². The first-order valence-electron chi connectivity index (χ1n) is 8.35. The zero-order valence-corrected chi connectivity index (χ0v) is 13.4. The van der Waals surface area contributed by atoms with E-state index in [1.54, 1.807) is 0 Å². The maximum Gasteiger partial charge on any atom is 0.220 e. The quantitative estimate of drug-likeness (QED) is 0.776. The Kier molecular flexibility index (Phi) is 6.72. The second kappa shape index (κ2) is 8.79. The molecule has 1 aromatic carbocycles. The van der Waals surface area contributed by atoms with Crippen molar-refractivity contribution in [3.05, 3.63) is 29.8 Å². The molecule has 0 aliphatic heterocycles. The summed E-state index contributed by atoms with van der Waals surface area (Å²) in [7, 11) is 0. The number of nitrogens with one attached hydrogen (secondary N) is 1. The summed E-state index contributed by atoms with van der Waals surface area (Å²) < 4.78 is 5.54. The summed E-state index contributed by atoms with van der Waals surface area (Å²) in [6.45, 7) is 3.41. The average molecular weight is 305 g/mol. The molecular formula is C18H27NO3. The summed E-state index contributed by atoms with van der Waals surface area (Å²) in [5, 5.41) is 12.7. The molecule has 1 aliphatic carbocycles. The number of aliphatic hydroxyl groups is 1. The number of amides is 1. The van der Waals surface area contributed by atoms with Gasteiger partial charge in [0.2, 0.25) is 5.91 Å². The Balaban J connectivity index is 1.67. The van der Waals surface area contributed by atoms with Crippen molar-refractivity contribution in [1.29, 1.82) is 0 Å². The molecule has 0 heterocycles. The van der Waals surface area contributed by atoms with E-state index in [4.69, 9.17) is 4.74 Å². The summed E-state index contributed by atoms with van der Waals surface area (Å²) >= 11 is 0. The highest BCUT2D eigenvalue weighted by atomic mass is 16.5. The fourth-order valence-corrected chi connectivity index (χ4v) is 2.82. The first kappa shape index (κ1) is 16.8. The second-order valence-corrected chi connectivity index (χ2v) is 6.05. The van der Waals surface area contributed by atoms with E-state index in [1.165, 1.54) is 0 Å². The van der Waals surface area contributed by atoms with Gasteiger partial charge in [-0.25, -0.2) is 0 Å². The molecule has 2 rings (SSSR count). The van der Waals surface area contributed by atoms with E-state index in [0.717, 1.165) is 50.0 Å². The van der Waals surface area contributed by atoms with Gasteiger partial charge >= 0.3 is 0 Å². The molecule has 0 aromatic heterocycles. The maximum absolute atomic E-state index is 11.9. The molecule has 22 heavy (non-hydrogen) atoms. The number of rotatable bonds is 8. The van der Waals surface area contributed by atoms with Gasteiger partial charge in [0.1, 0.15) is 5.75 Å². The van der Waals surface area contributed by atoms with E-state index >= 15 is 0 Å². The van der Waals surface area contributed by atoms with E-state index in [9.17, 15) is 9.90 Å². The van der Waals surface area contributed by atoms with E-state index < -0.39 is 0 Å². The lowest BCUT2D eigenvalue weighted by Gasteiger charge is -2.15. The Morgan fingerprint density at radius 1 is 1.32 bits per heavy atom. The topological polar surface area (TPSA) is 58.6 Å². The monoisotopic (exact) mass is 305 g/mol. The van der Waals surface area contributed by atoms with Crippen LogP contribution in [0, 0.1) is 5.92 Å². The fraction of sp³-hybridized carbons (Fsp3) is 0.611. The molecule has 2 unspecified atom stereocenters. The third kappa shape index (κ3) is 5.34. The average Bonchev–Trinajstić information content (AvgIpc) is 2.95. The van der Waals surface area contributed by atoms with E-state index in [1.807, 2.05) is 24.3 Å². The van der Waals surface area contributed by atoms with Crippen LogP contribution in [0.4, 0.5) is 0 Å². The number of carbonyl (C=O) groups excluding carboxylic acids is 1. The van der Waals surface area contributed by atoms with Crippen molar-refractivity contribution in [2.24, 2.45) is 5.92 Å². The van der Waals surface area contributed by atoms with Crippen molar-refractivity contribution in [3.8, 4) is 5.75 Å². The third-order valence-electron chi connectivity index (χ3n) is 4.22. The summed E-state index contributed by atoms with van der Waals surface area (Å²) in [5.41, 5.74) is 1.14. The van der Waals surface area contributed by atoms with Crippen LogP contribution in [0.5, 0.6) is 5.75 Å². The molecule has 0 saturated heterocycles. The van der Waals surface area contributed by atoms with Crippen molar-refractivity contribution in [3.63, 3.8) is 0 Å². The van der Waals surface area contributed by atoms with Crippen molar-refractivity contribution >= 4 is 5.91 Å². The van der Waals surface area contributed by atoms with Crippen LogP contribution in [0.3, 0.4) is 0 Å². The van der Waals surface area contributed by atoms with Gasteiger partial charge in [-0.3, -0.25) is 4.79 Å². The van der Waals surface area contributed by atoms with Crippen LogP contribution >= 0.6 is 0 Å². The molecular weight excluding hydrogens is 278 g/mol. The minimum atomic E-state index is -0.240. The number of hydrogen-bond acceptors (Lipinski definition) is 3. The van der Waals surface area contributed by atoms with Gasteiger partial charge in [-0.2, -0.15) is 0 Å². The maximum atomic E-state index is 11.9. The molecule has 122 valence electrons. The number of carbonyl (C=O) groups is 1. The SMILES string of the molecule is CCCOc1ccc(CCC(=O)NCC2CCCC2O)cc1. The van der Waals surface area contributed by atoms with Crippen molar-refractivity contribution in [2.45, 2.75) is 51.6 Å². The normalized spacial score (nSPS) is 20.8. The summed E-state index contributed by atoms with van der Waals surface area (Å²) in [5.74, 6) is 1.18. The standard InChI is InChI=1S/C18H27NO3/c1-2-12-22-16-9-6-14(7-10-16)8-11-18(21)19-13-15-4-3-5-17(15)20/h6-7,9-10,15,17,20H,2-5,8,11-13H2,1H3,(H,19,21). The van der Waals surface area contributed by atoms with Gasteiger partial charge in [-0.05, 0) is 43.4 Å². The summed E-state index contributed by atoms with van der Waals surface area (Å²) in [6, 6.07) is 7.94. The lowest BCUT2D eigenvalue weighted by Crippen LogP contribution is -2.32. The molecule has 1 aromatic rings. The van der Waals surface area contributed by atoms with Crippen LogP contribution < -0.4 is 10.1 Å².